The average molecular weight is 209 g/mol. The first kappa shape index (κ1) is 10.2. The molecule has 1 heterocycles. The van der Waals surface area contributed by atoms with Crippen molar-refractivity contribution in [2.45, 2.75) is 19.3 Å². The molecule has 0 radical (unpaired) electrons. The summed E-state index contributed by atoms with van der Waals surface area (Å²) in [5.74, 6) is -0.966. The second kappa shape index (κ2) is 4.04. The lowest BCUT2D eigenvalue weighted by atomic mass is 9.74. The second-order valence-electron chi connectivity index (χ2n) is 4.25. The van der Waals surface area contributed by atoms with E-state index in [9.17, 15) is 9.59 Å². The van der Waals surface area contributed by atoms with Crippen molar-refractivity contribution < 1.29 is 14.7 Å². The zero-order valence-electron chi connectivity index (χ0n) is 8.56. The maximum absolute atomic E-state index is 11.8. The number of amides is 1. The molecule has 0 spiro atoms. The molecule has 0 bridgehead atoms. The topological polar surface area (TPSA) is 57.6 Å². The van der Waals surface area contributed by atoms with Crippen LogP contribution in [0.1, 0.15) is 19.3 Å². The van der Waals surface area contributed by atoms with E-state index in [0.717, 1.165) is 13.0 Å². The van der Waals surface area contributed by atoms with Gasteiger partial charge in [-0.1, -0.05) is 12.2 Å². The van der Waals surface area contributed by atoms with Crippen LogP contribution in [0.3, 0.4) is 0 Å². The highest BCUT2D eigenvalue weighted by Crippen LogP contribution is 2.35. The third-order valence-corrected chi connectivity index (χ3v) is 3.21. The molecule has 1 saturated carbocycles. The lowest BCUT2D eigenvalue weighted by Crippen LogP contribution is -2.44. The molecule has 1 aliphatic heterocycles. The second-order valence-corrected chi connectivity index (χ2v) is 4.25. The van der Waals surface area contributed by atoms with E-state index in [1.165, 1.54) is 0 Å². The van der Waals surface area contributed by atoms with Crippen LogP contribution in [0, 0.1) is 11.8 Å². The van der Waals surface area contributed by atoms with Gasteiger partial charge in [0, 0.05) is 19.0 Å². The first-order chi connectivity index (χ1) is 7.18. The van der Waals surface area contributed by atoms with Crippen LogP contribution in [-0.2, 0) is 9.59 Å². The summed E-state index contributed by atoms with van der Waals surface area (Å²) in [6, 6.07) is 0. The summed E-state index contributed by atoms with van der Waals surface area (Å²) >= 11 is 0. The lowest BCUT2D eigenvalue weighted by Gasteiger charge is -2.35. The fraction of sp³-hybridized carbons (Fsp3) is 0.636. The molecular weight excluding hydrogens is 194 g/mol. The van der Waals surface area contributed by atoms with Gasteiger partial charge in [0.05, 0.1) is 5.92 Å². The summed E-state index contributed by atoms with van der Waals surface area (Å²) in [5.41, 5.74) is 0. The van der Waals surface area contributed by atoms with Crippen molar-refractivity contribution in [3.63, 3.8) is 0 Å². The van der Waals surface area contributed by atoms with Crippen molar-refractivity contribution in [1.29, 1.82) is 0 Å². The zero-order valence-corrected chi connectivity index (χ0v) is 8.56. The van der Waals surface area contributed by atoms with Gasteiger partial charge in [-0.05, 0) is 19.3 Å². The van der Waals surface area contributed by atoms with Gasteiger partial charge in [0.1, 0.15) is 0 Å². The summed E-state index contributed by atoms with van der Waals surface area (Å²) in [4.78, 5) is 24.3. The van der Waals surface area contributed by atoms with Gasteiger partial charge >= 0.3 is 5.97 Å². The SMILES string of the molecule is O=C(O)C1CC(C(=O)N2CC=CCC2)C1. The number of carbonyl (C=O) groups excluding carboxylic acids is 1. The molecule has 0 unspecified atom stereocenters. The van der Waals surface area contributed by atoms with Crippen LogP contribution in [0.5, 0.6) is 0 Å². The minimum atomic E-state index is -0.766. The summed E-state index contributed by atoms with van der Waals surface area (Å²) in [6.07, 6.45) is 6.03. The Kier molecular flexibility index (Phi) is 2.75. The first-order valence-electron chi connectivity index (χ1n) is 5.35. The summed E-state index contributed by atoms with van der Waals surface area (Å²) in [5, 5.41) is 8.71. The van der Waals surface area contributed by atoms with Crippen molar-refractivity contribution in [3.05, 3.63) is 12.2 Å². The van der Waals surface area contributed by atoms with Gasteiger partial charge in [0.2, 0.25) is 5.91 Å². The number of rotatable bonds is 2. The maximum Gasteiger partial charge on any atom is 0.306 e. The number of hydrogen-bond acceptors (Lipinski definition) is 2. The standard InChI is InChI=1S/C11H15NO3/c13-10(12-4-2-1-3-5-12)8-6-9(7-8)11(14)15/h1-2,8-9H,3-7H2,(H,14,15). The van der Waals surface area contributed by atoms with E-state index in [1.807, 2.05) is 11.0 Å². The summed E-state index contributed by atoms with van der Waals surface area (Å²) < 4.78 is 0. The molecule has 0 atom stereocenters. The van der Waals surface area contributed by atoms with Crippen LogP contribution in [0.15, 0.2) is 12.2 Å². The number of hydrogen-bond donors (Lipinski definition) is 1. The van der Waals surface area contributed by atoms with Crippen molar-refractivity contribution in [3.8, 4) is 0 Å². The Morgan fingerprint density at radius 2 is 1.93 bits per heavy atom. The highest BCUT2D eigenvalue weighted by Gasteiger charge is 2.40. The van der Waals surface area contributed by atoms with E-state index in [1.54, 1.807) is 0 Å². The van der Waals surface area contributed by atoms with E-state index in [4.69, 9.17) is 5.11 Å². The molecule has 0 aromatic carbocycles. The predicted octanol–water partition coefficient (Wildman–Crippen LogP) is 0.886. The number of aliphatic carboxylic acids is 1. The van der Waals surface area contributed by atoms with Gasteiger partial charge in [-0.3, -0.25) is 9.59 Å². The zero-order chi connectivity index (χ0) is 10.8. The highest BCUT2D eigenvalue weighted by atomic mass is 16.4. The molecule has 0 aromatic rings. The molecule has 1 aliphatic carbocycles. The van der Waals surface area contributed by atoms with E-state index < -0.39 is 5.97 Å². The Balaban J connectivity index is 1.83. The third kappa shape index (κ3) is 2.03. The maximum atomic E-state index is 11.8. The van der Waals surface area contributed by atoms with Crippen molar-refractivity contribution in [2.75, 3.05) is 13.1 Å². The Morgan fingerprint density at radius 3 is 2.47 bits per heavy atom. The van der Waals surface area contributed by atoms with Crippen LogP contribution in [0.4, 0.5) is 0 Å². The van der Waals surface area contributed by atoms with Gasteiger partial charge in [-0.15, -0.1) is 0 Å². The summed E-state index contributed by atoms with van der Waals surface area (Å²) in [6.45, 7) is 1.47. The minimum absolute atomic E-state index is 0.0439. The Hall–Kier alpha value is -1.32. The minimum Gasteiger partial charge on any atom is -0.481 e. The normalized spacial score (nSPS) is 29.7. The molecular formula is C11H15NO3. The van der Waals surface area contributed by atoms with Crippen LogP contribution in [-0.4, -0.2) is 35.0 Å². The molecule has 2 aliphatic rings. The fourth-order valence-electron chi connectivity index (χ4n) is 2.12. The smallest absolute Gasteiger partial charge is 0.306 e. The van der Waals surface area contributed by atoms with Crippen molar-refractivity contribution in [2.24, 2.45) is 11.8 Å². The van der Waals surface area contributed by atoms with Gasteiger partial charge < -0.3 is 10.0 Å². The Bertz CT molecular complexity index is 305. The molecule has 1 N–H and O–H groups in total. The highest BCUT2D eigenvalue weighted by molar-refractivity contribution is 5.83. The third-order valence-electron chi connectivity index (χ3n) is 3.21. The van der Waals surface area contributed by atoms with E-state index in [2.05, 4.69) is 6.08 Å². The van der Waals surface area contributed by atoms with Crippen molar-refractivity contribution in [1.82, 2.24) is 4.90 Å². The van der Waals surface area contributed by atoms with Crippen molar-refractivity contribution >= 4 is 11.9 Å². The van der Waals surface area contributed by atoms with Crippen LogP contribution >= 0.6 is 0 Å². The van der Waals surface area contributed by atoms with Crippen LogP contribution in [0.25, 0.3) is 0 Å². The van der Waals surface area contributed by atoms with Gasteiger partial charge in [-0.25, -0.2) is 0 Å². The number of carboxylic acid groups (broad SMARTS) is 1. The molecule has 1 amide bonds. The predicted molar refractivity (Wildman–Crippen MR) is 54.2 cm³/mol. The Morgan fingerprint density at radius 1 is 1.20 bits per heavy atom. The number of nitrogens with zero attached hydrogens (tertiary/aromatic N) is 1. The quantitative estimate of drug-likeness (QED) is 0.687. The number of carbonyl (C=O) groups is 2. The molecule has 82 valence electrons. The van der Waals surface area contributed by atoms with Gasteiger partial charge in [0.25, 0.3) is 0 Å². The largest absolute Gasteiger partial charge is 0.481 e. The summed E-state index contributed by atoms with van der Waals surface area (Å²) in [7, 11) is 0. The van der Waals surface area contributed by atoms with E-state index >= 15 is 0 Å². The fourth-order valence-corrected chi connectivity index (χ4v) is 2.12. The Labute approximate surface area is 88.6 Å². The van der Waals surface area contributed by atoms with Gasteiger partial charge in [-0.2, -0.15) is 0 Å². The number of carboxylic acids is 1. The lowest BCUT2D eigenvalue weighted by molar-refractivity contribution is -0.151. The monoisotopic (exact) mass is 209 g/mol. The molecule has 0 saturated heterocycles. The molecule has 4 nitrogen and oxygen atoms in total. The van der Waals surface area contributed by atoms with Crippen LogP contribution < -0.4 is 0 Å². The van der Waals surface area contributed by atoms with E-state index in [-0.39, 0.29) is 17.7 Å². The molecule has 2 rings (SSSR count). The van der Waals surface area contributed by atoms with Gasteiger partial charge in [0.15, 0.2) is 0 Å². The molecule has 0 aromatic heterocycles. The van der Waals surface area contributed by atoms with Crippen LogP contribution in [0.2, 0.25) is 0 Å². The molecule has 4 heteroatoms. The molecule has 15 heavy (non-hydrogen) atoms. The molecule has 1 fully saturated rings. The van der Waals surface area contributed by atoms with E-state index in [0.29, 0.717) is 19.4 Å². The average Bonchev–Trinajstić information content (AvgIpc) is 2.16. The first-order valence-corrected chi connectivity index (χ1v) is 5.35.